The molecule has 0 unspecified atom stereocenters. The number of amides is 1. The SMILES string of the molecule is O=C(NCCCC1CCCC1)c1cc(Br)ccc1F. The lowest BCUT2D eigenvalue weighted by Gasteiger charge is -2.10. The molecule has 1 amide bonds. The predicted octanol–water partition coefficient (Wildman–Crippen LogP) is 4.29. The summed E-state index contributed by atoms with van der Waals surface area (Å²) in [6, 6.07) is 4.41. The molecule has 0 radical (unpaired) electrons. The van der Waals surface area contributed by atoms with Gasteiger partial charge in [-0.3, -0.25) is 4.79 Å². The molecule has 104 valence electrons. The summed E-state index contributed by atoms with van der Waals surface area (Å²) in [7, 11) is 0. The molecule has 1 saturated carbocycles. The minimum atomic E-state index is -0.475. The van der Waals surface area contributed by atoms with Crippen molar-refractivity contribution in [2.75, 3.05) is 6.54 Å². The molecule has 1 aromatic rings. The Hall–Kier alpha value is -0.900. The number of benzene rings is 1. The number of hydrogen-bond acceptors (Lipinski definition) is 1. The minimum Gasteiger partial charge on any atom is -0.352 e. The van der Waals surface area contributed by atoms with E-state index in [1.165, 1.54) is 44.2 Å². The highest BCUT2D eigenvalue weighted by Crippen LogP contribution is 2.28. The van der Waals surface area contributed by atoms with Crippen LogP contribution in [0.5, 0.6) is 0 Å². The van der Waals surface area contributed by atoms with Crippen molar-refractivity contribution < 1.29 is 9.18 Å². The lowest BCUT2D eigenvalue weighted by molar-refractivity contribution is 0.0948. The maximum absolute atomic E-state index is 13.5. The number of halogens is 2. The molecule has 19 heavy (non-hydrogen) atoms. The molecule has 1 aromatic carbocycles. The molecule has 0 bridgehead atoms. The number of carbonyl (C=O) groups excluding carboxylic acids is 1. The summed E-state index contributed by atoms with van der Waals surface area (Å²) in [4.78, 5) is 11.8. The number of hydrogen-bond donors (Lipinski definition) is 1. The zero-order valence-corrected chi connectivity index (χ0v) is 12.5. The van der Waals surface area contributed by atoms with Crippen LogP contribution in [0, 0.1) is 11.7 Å². The topological polar surface area (TPSA) is 29.1 Å². The average Bonchev–Trinajstić information content (AvgIpc) is 2.90. The molecule has 2 rings (SSSR count). The third-order valence-corrected chi connectivity index (χ3v) is 4.22. The van der Waals surface area contributed by atoms with Crippen LogP contribution in [0.1, 0.15) is 48.9 Å². The van der Waals surface area contributed by atoms with Crippen molar-refractivity contribution in [2.45, 2.75) is 38.5 Å². The van der Waals surface area contributed by atoms with Crippen LogP contribution in [-0.2, 0) is 0 Å². The fourth-order valence-corrected chi connectivity index (χ4v) is 3.02. The third kappa shape index (κ3) is 4.30. The second kappa shape index (κ2) is 7.04. The molecule has 0 atom stereocenters. The molecule has 2 nitrogen and oxygen atoms in total. The highest BCUT2D eigenvalue weighted by atomic mass is 79.9. The molecule has 1 N–H and O–H groups in total. The first-order valence-corrected chi connectivity index (χ1v) is 7.69. The van der Waals surface area contributed by atoms with Crippen molar-refractivity contribution in [2.24, 2.45) is 5.92 Å². The zero-order chi connectivity index (χ0) is 13.7. The first kappa shape index (κ1) is 14.5. The van der Waals surface area contributed by atoms with E-state index in [1.807, 2.05) is 0 Å². The van der Waals surface area contributed by atoms with Gasteiger partial charge in [0.15, 0.2) is 0 Å². The smallest absolute Gasteiger partial charge is 0.254 e. The summed E-state index contributed by atoms with van der Waals surface area (Å²) in [6.45, 7) is 0.626. The van der Waals surface area contributed by atoms with Crippen LogP contribution < -0.4 is 5.32 Å². The van der Waals surface area contributed by atoms with E-state index in [1.54, 1.807) is 6.07 Å². The van der Waals surface area contributed by atoms with Crippen LogP contribution in [0.3, 0.4) is 0 Å². The Kier molecular flexibility index (Phi) is 5.37. The van der Waals surface area contributed by atoms with Crippen molar-refractivity contribution in [1.29, 1.82) is 0 Å². The standard InChI is InChI=1S/C15H19BrFNO/c16-12-7-8-14(17)13(10-12)15(19)18-9-3-6-11-4-1-2-5-11/h7-8,10-11H,1-6,9H2,(H,18,19). The van der Waals surface area contributed by atoms with Crippen molar-refractivity contribution >= 4 is 21.8 Å². The quantitative estimate of drug-likeness (QED) is 0.803. The van der Waals surface area contributed by atoms with Gasteiger partial charge in [-0.05, 0) is 37.0 Å². The molecular formula is C15H19BrFNO. The fraction of sp³-hybridized carbons (Fsp3) is 0.533. The van der Waals surface area contributed by atoms with Crippen LogP contribution in [0.2, 0.25) is 0 Å². The van der Waals surface area contributed by atoms with E-state index in [9.17, 15) is 9.18 Å². The first-order chi connectivity index (χ1) is 9.16. The van der Waals surface area contributed by atoms with Gasteiger partial charge in [-0.15, -0.1) is 0 Å². The Morgan fingerprint density at radius 3 is 2.84 bits per heavy atom. The Bertz CT molecular complexity index is 444. The van der Waals surface area contributed by atoms with E-state index in [-0.39, 0.29) is 11.5 Å². The molecule has 0 heterocycles. The van der Waals surface area contributed by atoms with E-state index in [0.717, 1.165) is 12.3 Å². The Labute approximate surface area is 121 Å². The Balaban J connectivity index is 1.75. The summed E-state index contributed by atoms with van der Waals surface area (Å²) in [5.41, 5.74) is 0.107. The van der Waals surface area contributed by atoms with Crippen LogP contribution >= 0.6 is 15.9 Å². The normalized spacial score (nSPS) is 15.7. The second-order valence-corrected chi connectivity index (χ2v) is 6.09. The maximum atomic E-state index is 13.5. The molecule has 4 heteroatoms. The van der Waals surface area contributed by atoms with Crippen LogP contribution in [0.4, 0.5) is 4.39 Å². The van der Waals surface area contributed by atoms with Gasteiger partial charge in [0.1, 0.15) is 5.82 Å². The van der Waals surface area contributed by atoms with Crippen LogP contribution in [0.15, 0.2) is 22.7 Å². The van der Waals surface area contributed by atoms with Gasteiger partial charge in [0.2, 0.25) is 0 Å². The monoisotopic (exact) mass is 327 g/mol. The average molecular weight is 328 g/mol. The Morgan fingerprint density at radius 1 is 1.37 bits per heavy atom. The minimum absolute atomic E-state index is 0.107. The molecule has 0 aliphatic heterocycles. The van der Waals surface area contributed by atoms with E-state index < -0.39 is 5.82 Å². The highest BCUT2D eigenvalue weighted by molar-refractivity contribution is 9.10. The van der Waals surface area contributed by atoms with Gasteiger partial charge >= 0.3 is 0 Å². The number of carbonyl (C=O) groups is 1. The van der Waals surface area contributed by atoms with Crippen molar-refractivity contribution in [3.05, 3.63) is 34.1 Å². The lowest BCUT2D eigenvalue weighted by atomic mass is 10.0. The molecule has 1 aliphatic carbocycles. The van der Waals surface area contributed by atoms with Gasteiger partial charge in [0.05, 0.1) is 5.56 Å². The third-order valence-electron chi connectivity index (χ3n) is 3.72. The van der Waals surface area contributed by atoms with E-state index in [0.29, 0.717) is 11.0 Å². The summed E-state index contributed by atoms with van der Waals surface area (Å²) < 4.78 is 14.2. The van der Waals surface area contributed by atoms with Gasteiger partial charge in [0, 0.05) is 11.0 Å². The molecule has 0 aromatic heterocycles. The van der Waals surface area contributed by atoms with E-state index in [4.69, 9.17) is 0 Å². The lowest BCUT2D eigenvalue weighted by Crippen LogP contribution is -2.25. The van der Waals surface area contributed by atoms with Gasteiger partial charge in [0.25, 0.3) is 5.91 Å². The molecule has 1 fully saturated rings. The summed E-state index contributed by atoms with van der Waals surface area (Å²) in [5.74, 6) is 0.0289. The van der Waals surface area contributed by atoms with Crippen molar-refractivity contribution in [1.82, 2.24) is 5.32 Å². The maximum Gasteiger partial charge on any atom is 0.254 e. The van der Waals surface area contributed by atoms with E-state index in [2.05, 4.69) is 21.2 Å². The summed E-state index contributed by atoms with van der Waals surface area (Å²) in [6.07, 6.45) is 7.50. The first-order valence-electron chi connectivity index (χ1n) is 6.90. The van der Waals surface area contributed by atoms with Crippen molar-refractivity contribution in [3.63, 3.8) is 0 Å². The van der Waals surface area contributed by atoms with Gasteiger partial charge in [-0.1, -0.05) is 41.6 Å². The molecule has 0 saturated heterocycles. The Morgan fingerprint density at radius 2 is 2.11 bits per heavy atom. The molecule has 0 spiro atoms. The van der Waals surface area contributed by atoms with Gasteiger partial charge in [-0.25, -0.2) is 4.39 Å². The van der Waals surface area contributed by atoms with E-state index >= 15 is 0 Å². The van der Waals surface area contributed by atoms with Crippen LogP contribution in [0.25, 0.3) is 0 Å². The second-order valence-electron chi connectivity index (χ2n) is 5.17. The van der Waals surface area contributed by atoms with Crippen molar-refractivity contribution in [3.8, 4) is 0 Å². The summed E-state index contributed by atoms with van der Waals surface area (Å²) >= 11 is 3.24. The van der Waals surface area contributed by atoms with Crippen LogP contribution in [-0.4, -0.2) is 12.5 Å². The molecule has 1 aliphatic rings. The number of nitrogens with one attached hydrogen (secondary N) is 1. The summed E-state index contributed by atoms with van der Waals surface area (Å²) in [5, 5.41) is 2.79. The predicted molar refractivity (Wildman–Crippen MR) is 77.6 cm³/mol. The number of rotatable bonds is 5. The zero-order valence-electron chi connectivity index (χ0n) is 10.9. The fourth-order valence-electron chi connectivity index (χ4n) is 2.66. The molecular weight excluding hydrogens is 309 g/mol. The van der Waals surface area contributed by atoms with Gasteiger partial charge in [-0.2, -0.15) is 0 Å². The van der Waals surface area contributed by atoms with Gasteiger partial charge < -0.3 is 5.32 Å². The largest absolute Gasteiger partial charge is 0.352 e. The highest BCUT2D eigenvalue weighted by Gasteiger charge is 2.15.